The van der Waals surface area contributed by atoms with Crippen LogP contribution in [0.5, 0.6) is 0 Å². The van der Waals surface area contributed by atoms with Crippen molar-refractivity contribution >= 4 is 44.0 Å². The Bertz CT molecular complexity index is 1530. The molecule has 10 heteroatoms. The third kappa shape index (κ3) is 4.92. The number of piperazine rings is 1. The van der Waals surface area contributed by atoms with Crippen molar-refractivity contribution in [3.05, 3.63) is 84.7 Å². The fourth-order valence-electron chi connectivity index (χ4n) is 4.59. The summed E-state index contributed by atoms with van der Waals surface area (Å²) < 4.78 is 29.8. The van der Waals surface area contributed by atoms with Crippen LogP contribution in [0.25, 0.3) is 10.8 Å². The molecule has 1 saturated heterocycles. The van der Waals surface area contributed by atoms with Crippen LogP contribution in [-0.4, -0.2) is 69.5 Å². The van der Waals surface area contributed by atoms with E-state index < -0.39 is 10.0 Å². The number of fused-ring (bicyclic) bond motifs is 1. The summed E-state index contributed by atoms with van der Waals surface area (Å²) in [4.78, 5) is 27.4. The molecule has 1 aliphatic heterocycles. The molecule has 0 saturated carbocycles. The average molecular weight is 517 g/mol. The van der Waals surface area contributed by atoms with Crippen LogP contribution in [0.15, 0.2) is 84.0 Å². The predicted molar refractivity (Wildman–Crippen MR) is 146 cm³/mol. The fraction of sp³-hybridized carbons (Fsp3) is 0.222. The van der Waals surface area contributed by atoms with Crippen molar-refractivity contribution < 1.29 is 13.2 Å². The summed E-state index contributed by atoms with van der Waals surface area (Å²) in [7, 11) is -0.118. The van der Waals surface area contributed by atoms with Crippen LogP contribution in [-0.2, 0) is 10.0 Å². The van der Waals surface area contributed by atoms with Gasteiger partial charge in [-0.2, -0.15) is 0 Å². The van der Waals surface area contributed by atoms with Crippen molar-refractivity contribution in [1.29, 1.82) is 0 Å². The number of carbonyl (C=O) groups is 1. The third-order valence-electron chi connectivity index (χ3n) is 6.43. The predicted octanol–water partition coefficient (Wildman–Crippen LogP) is 3.46. The lowest BCUT2D eigenvalue weighted by atomic mass is 10.1. The minimum Gasteiger partial charge on any atom is -0.377 e. The van der Waals surface area contributed by atoms with E-state index in [4.69, 9.17) is 0 Å². The maximum atomic E-state index is 13.6. The summed E-state index contributed by atoms with van der Waals surface area (Å²) in [5.74, 6) is 0.576. The smallest absolute Gasteiger partial charge is 0.263 e. The Morgan fingerprint density at radius 3 is 2.24 bits per heavy atom. The van der Waals surface area contributed by atoms with Crippen LogP contribution in [0.2, 0.25) is 0 Å². The van der Waals surface area contributed by atoms with E-state index in [0.717, 1.165) is 11.1 Å². The molecule has 0 bridgehead atoms. The van der Waals surface area contributed by atoms with Crippen LogP contribution >= 0.6 is 0 Å². The van der Waals surface area contributed by atoms with Gasteiger partial charge in [0.2, 0.25) is 0 Å². The molecule has 0 atom stereocenters. The normalized spacial score (nSPS) is 14.0. The molecule has 1 amide bonds. The number of aromatic nitrogens is 2. The first-order chi connectivity index (χ1) is 17.8. The molecule has 0 unspecified atom stereocenters. The van der Waals surface area contributed by atoms with Crippen LogP contribution in [0.1, 0.15) is 10.4 Å². The molecule has 1 N–H and O–H groups in total. The molecule has 3 aromatic carbocycles. The largest absolute Gasteiger partial charge is 0.377 e. The van der Waals surface area contributed by atoms with Crippen molar-refractivity contribution in [2.75, 3.05) is 54.8 Å². The van der Waals surface area contributed by atoms with Crippen molar-refractivity contribution in [1.82, 2.24) is 14.9 Å². The zero-order valence-corrected chi connectivity index (χ0v) is 21.5. The molecule has 0 radical (unpaired) electrons. The number of carbonyl (C=O) groups excluding carboxylic acids is 1. The quantitative estimate of drug-likeness (QED) is 0.419. The van der Waals surface area contributed by atoms with Gasteiger partial charge in [-0.3, -0.25) is 9.52 Å². The number of nitrogens with zero attached hydrogens (tertiary/aromatic N) is 5. The van der Waals surface area contributed by atoms with Crippen molar-refractivity contribution in [2.45, 2.75) is 4.90 Å². The monoisotopic (exact) mass is 516 g/mol. The minimum absolute atomic E-state index is 0.0200. The molecule has 2 heterocycles. The van der Waals surface area contributed by atoms with Gasteiger partial charge in [0.15, 0.2) is 11.6 Å². The standard InChI is InChI=1S/C27H28N6O3S/c1-31(2)23-12-6-11-22-21(23)10-7-13-24(22)37(35,36)30-25-26(29-15-14-28-25)32-16-18-33(19-17-32)27(34)20-8-4-3-5-9-20/h3-15H,16-19H2,1-2H3,(H,28,30). The van der Waals surface area contributed by atoms with Gasteiger partial charge in [0.25, 0.3) is 15.9 Å². The first-order valence-electron chi connectivity index (χ1n) is 12.0. The van der Waals surface area contributed by atoms with Crippen molar-refractivity contribution in [3.63, 3.8) is 0 Å². The van der Waals surface area contributed by atoms with E-state index in [1.807, 2.05) is 60.3 Å². The van der Waals surface area contributed by atoms with E-state index in [9.17, 15) is 13.2 Å². The number of rotatable bonds is 6. The van der Waals surface area contributed by atoms with Crippen LogP contribution < -0.4 is 14.5 Å². The molecule has 0 aliphatic carbocycles. The Labute approximate surface area is 216 Å². The molecule has 0 spiro atoms. The molecule has 1 fully saturated rings. The Hall–Kier alpha value is -4.18. The van der Waals surface area contributed by atoms with Crippen LogP contribution in [0.3, 0.4) is 0 Å². The topological polar surface area (TPSA) is 98.7 Å². The van der Waals surface area contributed by atoms with Crippen LogP contribution in [0, 0.1) is 0 Å². The van der Waals surface area contributed by atoms with E-state index in [1.54, 1.807) is 35.2 Å². The molecule has 37 heavy (non-hydrogen) atoms. The Kier molecular flexibility index (Phi) is 6.66. The highest BCUT2D eigenvalue weighted by atomic mass is 32.2. The molecule has 4 aromatic rings. The molecule has 9 nitrogen and oxygen atoms in total. The van der Waals surface area contributed by atoms with Gasteiger partial charge in [-0.05, 0) is 24.3 Å². The number of sulfonamides is 1. The van der Waals surface area contributed by atoms with Gasteiger partial charge in [-0.25, -0.2) is 18.4 Å². The second-order valence-corrected chi connectivity index (χ2v) is 10.7. The van der Waals surface area contributed by atoms with E-state index in [0.29, 0.717) is 42.9 Å². The number of nitrogens with one attached hydrogen (secondary N) is 1. The summed E-state index contributed by atoms with van der Waals surface area (Å²) in [6.07, 6.45) is 3.00. The minimum atomic E-state index is -3.97. The number of hydrogen-bond acceptors (Lipinski definition) is 7. The second kappa shape index (κ2) is 10.1. The number of hydrogen-bond donors (Lipinski definition) is 1. The Morgan fingerprint density at radius 1 is 0.838 bits per heavy atom. The molecular weight excluding hydrogens is 488 g/mol. The summed E-state index contributed by atoms with van der Waals surface area (Å²) in [5.41, 5.74) is 1.58. The highest BCUT2D eigenvalue weighted by Crippen LogP contribution is 2.32. The highest BCUT2D eigenvalue weighted by Gasteiger charge is 2.27. The van der Waals surface area contributed by atoms with E-state index in [-0.39, 0.29) is 16.6 Å². The van der Waals surface area contributed by atoms with Gasteiger partial charge in [-0.15, -0.1) is 0 Å². The number of anilines is 3. The molecule has 1 aliphatic rings. The lowest BCUT2D eigenvalue weighted by Crippen LogP contribution is -2.49. The summed E-state index contributed by atoms with van der Waals surface area (Å²) in [6.45, 7) is 2.00. The van der Waals surface area contributed by atoms with Crippen molar-refractivity contribution in [3.8, 4) is 0 Å². The second-order valence-electron chi connectivity index (χ2n) is 9.00. The average Bonchev–Trinajstić information content (AvgIpc) is 2.92. The zero-order chi connectivity index (χ0) is 26.0. The highest BCUT2D eigenvalue weighted by molar-refractivity contribution is 7.93. The maximum absolute atomic E-state index is 13.6. The summed E-state index contributed by atoms with van der Waals surface area (Å²) in [5, 5.41) is 1.47. The zero-order valence-electron chi connectivity index (χ0n) is 20.7. The molecule has 190 valence electrons. The van der Waals surface area contributed by atoms with E-state index >= 15 is 0 Å². The van der Waals surface area contributed by atoms with Gasteiger partial charge >= 0.3 is 0 Å². The molecular formula is C27H28N6O3S. The first-order valence-corrected chi connectivity index (χ1v) is 13.5. The maximum Gasteiger partial charge on any atom is 0.263 e. The number of benzene rings is 3. The Morgan fingerprint density at radius 2 is 1.51 bits per heavy atom. The van der Waals surface area contributed by atoms with Gasteiger partial charge in [0.05, 0.1) is 4.90 Å². The SMILES string of the molecule is CN(C)c1cccc2c(S(=O)(=O)Nc3nccnc3N3CCN(C(=O)c4ccccc4)CC3)cccc12. The number of amides is 1. The van der Waals surface area contributed by atoms with Crippen molar-refractivity contribution in [2.24, 2.45) is 0 Å². The van der Waals surface area contributed by atoms with Gasteiger partial charge in [0.1, 0.15) is 0 Å². The lowest BCUT2D eigenvalue weighted by molar-refractivity contribution is 0.0746. The van der Waals surface area contributed by atoms with Gasteiger partial charge in [0, 0.05) is 74.7 Å². The Balaban J connectivity index is 1.38. The lowest BCUT2D eigenvalue weighted by Gasteiger charge is -2.35. The first kappa shape index (κ1) is 24.5. The van der Waals surface area contributed by atoms with E-state index in [2.05, 4.69) is 14.7 Å². The molecule has 5 rings (SSSR count). The van der Waals surface area contributed by atoms with Gasteiger partial charge in [-0.1, -0.05) is 42.5 Å². The van der Waals surface area contributed by atoms with Gasteiger partial charge < -0.3 is 14.7 Å². The third-order valence-corrected chi connectivity index (χ3v) is 7.82. The van der Waals surface area contributed by atoms with Crippen LogP contribution in [0.4, 0.5) is 17.3 Å². The summed E-state index contributed by atoms with van der Waals surface area (Å²) in [6, 6.07) is 20.0. The molecule has 1 aromatic heterocycles. The summed E-state index contributed by atoms with van der Waals surface area (Å²) >= 11 is 0. The fourth-order valence-corrected chi connectivity index (χ4v) is 5.82. The van der Waals surface area contributed by atoms with E-state index in [1.165, 1.54) is 12.4 Å².